The van der Waals surface area contributed by atoms with Crippen molar-refractivity contribution in [3.05, 3.63) is 36.2 Å². The molecule has 0 amide bonds. The largest absolute Gasteiger partial charge is 0.480 e. The highest BCUT2D eigenvalue weighted by Crippen LogP contribution is 2.27. The molecule has 0 N–H and O–H groups in total. The van der Waals surface area contributed by atoms with E-state index in [9.17, 15) is 0 Å². The Kier molecular flexibility index (Phi) is 4.19. The molecular weight excluding hydrogens is 320 g/mol. The number of methoxy groups -OCH3 is 1. The SMILES string of the molecule is COc1ncnc2ccc(N3CCN(Cc4noc(C)n4)CC3)cc12. The third-order valence-corrected chi connectivity index (χ3v) is 4.45. The number of benzene rings is 1. The number of piperazine rings is 1. The van der Waals surface area contributed by atoms with E-state index in [-0.39, 0.29) is 0 Å². The Hall–Kier alpha value is -2.74. The summed E-state index contributed by atoms with van der Waals surface area (Å²) in [7, 11) is 1.63. The fourth-order valence-electron chi connectivity index (χ4n) is 3.15. The molecule has 3 heterocycles. The van der Waals surface area contributed by atoms with Crippen LogP contribution in [0.25, 0.3) is 10.9 Å². The van der Waals surface area contributed by atoms with Crippen molar-refractivity contribution in [3.63, 3.8) is 0 Å². The van der Waals surface area contributed by atoms with Gasteiger partial charge in [0.15, 0.2) is 5.82 Å². The average Bonchev–Trinajstić information content (AvgIpc) is 3.06. The van der Waals surface area contributed by atoms with Gasteiger partial charge in [-0.2, -0.15) is 4.98 Å². The predicted octanol–water partition coefficient (Wildman–Crippen LogP) is 1.65. The predicted molar refractivity (Wildman–Crippen MR) is 92.6 cm³/mol. The Bertz CT molecular complexity index is 872. The van der Waals surface area contributed by atoms with Crippen LogP contribution >= 0.6 is 0 Å². The zero-order chi connectivity index (χ0) is 17.2. The van der Waals surface area contributed by atoms with Crippen molar-refractivity contribution >= 4 is 16.6 Å². The molecule has 0 aliphatic carbocycles. The molecule has 1 aliphatic heterocycles. The van der Waals surface area contributed by atoms with E-state index < -0.39 is 0 Å². The number of aromatic nitrogens is 4. The van der Waals surface area contributed by atoms with Gasteiger partial charge in [-0.15, -0.1) is 0 Å². The summed E-state index contributed by atoms with van der Waals surface area (Å²) in [5.41, 5.74) is 2.05. The third-order valence-electron chi connectivity index (χ3n) is 4.45. The van der Waals surface area contributed by atoms with Crippen LogP contribution in [0.4, 0.5) is 5.69 Å². The van der Waals surface area contributed by atoms with Crippen molar-refractivity contribution in [2.75, 3.05) is 38.2 Å². The van der Waals surface area contributed by atoms with Crippen LogP contribution in [0.5, 0.6) is 5.88 Å². The highest BCUT2D eigenvalue weighted by Gasteiger charge is 2.19. The molecule has 0 radical (unpaired) electrons. The topological polar surface area (TPSA) is 80.4 Å². The second kappa shape index (κ2) is 6.64. The molecule has 0 unspecified atom stereocenters. The molecule has 0 bridgehead atoms. The molecule has 2 aromatic heterocycles. The van der Waals surface area contributed by atoms with Gasteiger partial charge >= 0.3 is 0 Å². The first-order chi connectivity index (χ1) is 12.2. The zero-order valence-electron chi connectivity index (χ0n) is 14.3. The van der Waals surface area contributed by atoms with Crippen molar-refractivity contribution in [1.82, 2.24) is 25.0 Å². The quantitative estimate of drug-likeness (QED) is 0.709. The Morgan fingerprint density at radius 2 is 2.00 bits per heavy atom. The molecule has 1 saturated heterocycles. The van der Waals surface area contributed by atoms with E-state index in [0.717, 1.165) is 55.1 Å². The second-order valence-electron chi connectivity index (χ2n) is 6.08. The summed E-state index contributed by atoms with van der Waals surface area (Å²) in [6.45, 7) is 6.33. The van der Waals surface area contributed by atoms with Gasteiger partial charge in [-0.1, -0.05) is 5.16 Å². The standard InChI is InChI=1S/C17H20N6O2/c1-12-20-16(21-25-12)10-22-5-7-23(8-6-22)13-3-4-15-14(9-13)17(24-2)19-11-18-15/h3-4,9,11H,5-8,10H2,1-2H3. The third kappa shape index (κ3) is 3.25. The fraction of sp³-hybridized carbons (Fsp3) is 0.412. The first-order valence-corrected chi connectivity index (χ1v) is 8.28. The molecule has 0 saturated carbocycles. The number of nitrogens with zero attached hydrogens (tertiary/aromatic N) is 6. The van der Waals surface area contributed by atoms with Crippen LogP contribution in [-0.2, 0) is 6.54 Å². The number of hydrogen-bond donors (Lipinski definition) is 0. The summed E-state index contributed by atoms with van der Waals surface area (Å²) in [5, 5.41) is 4.91. The van der Waals surface area contributed by atoms with Crippen molar-refractivity contribution in [2.24, 2.45) is 0 Å². The molecule has 4 rings (SSSR count). The van der Waals surface area contributed by atoms with Gasteiger partial charge in [-0.3, -0.25) is 4.90 Å². The van der Waals surface area contributed by atoms with Crippen molar-refractivity contribution in [3.8, 4) is 5.88 Å². The second-order valence-corrected chi connectivity index (χ2v) is 6.08. The van der Waals surface area contributed by atoms with E-state index in [1.807, 2.05) is 13.0 Å². The molecule has 8 heteroatoms. The molecular formula is C17H20N6O2. The summed E-state index contributed by atoms with van der Waals surface area (Å²) in [6.07, 6.45) is 1.53. The highest BCUT2D eigenvalue weighted by atomic mass is 16.5. The average molecular weight is 340 g/mol. The van der Waals surface area contributed by atoms with Crippen molar-refractivity contribution in [2.45, 2.75) is 13.5 Å². The minimum atomic E-state index is 0.609. The Morgan fingerprint density at radius 1 is 1.16 bits per heavy atom. The Balaban J connectivity index is 1.46. The lowest BCUT2D eigenvalue weighted by Gasteiger charge is -2.35. The molecule has 0 spiro atoms. The number of aryl methyl sites for hydroxylation is 1. The summed E-state index contributed by atoms with van der Waals surface area (Å²) >= 11 is 0. The van der Waals surface area contributed by atoms with E-state index in [1.54, 1.807) is 7.11 Å². The number of ether oxygens (including phenoxy) is 1. The smallest absolute Gasteiger partial charge is 0.224 e. The molecule has 1 aromatic carbocycles. The van der Waals surface area contributed by atoms with Crippen LogP contribution in [0.15, 0.2) is 29.0 Å². The number of fused-ring (bicyclic) bond motifs is 1. The van der Waals surface area contributed by atoms with Crippen LogP contribution < -0.4 is 9.64 Å². The number of hydrogen-bond acceptors (Lipinski definition) is 8. The molecule has 1 aliphatic rings. The molecule has 3 aromatic rings. The van der Waals surface area contributed by atoms with E-state index in [1.165, 1.54) is 6.33 Å². The van der Waals surface area contributed by atoms with Gasteiger partial charge in [0.25, 0.3) is 0 Å². The molecule has 0 atom stereocenters. The summed E-state index contributed by atoms with van der Waals surface area (Å²) in [5.74, 6) is 1.97. The van der Waals surface area contributed by atoms with Crippen molar-refractivity contribution < 1.29 is 9.26 Å². The first-order valence-electron chi connectivity index (χ1n) is 8.28. The summed E-state index contributed by atoms with van der Waals surface area (Å²) in [4.78, 5) is 17.5. The van der Waals surface area contributed by atoms with Crippen LogP contribution in [0.2, 0.25) is 0 Å². The van der Waals surface area contributed by atoms with E-state index in [4.69, 9.17) is 9.26 Å². The number of anilines is 1. The summed E-state index contributed by atoms with van der Waals surface area (Å²) in [6, 6.07) is 6.22. The van der Waals surface area contributed by atoms with Crippen LogP contribution in [0.3, 0.4) is 0 Å². The molecule has 130 valence electrons. The maximum Gasteiger partial charge on any atom is 0.224 e. The van der Waals surface area contributed by atoms with Gasteiger partial charge in [0, 0.05) is 38.8 Å². The zero-order valence-corrected chi connectivity index (χ0v) is 14.3. The van der Waals surface area contributed by atoms with Crippen LogP contribution in [0.1, 0.15) is 11.7 Å². The maximum absolute atomic E-state index is 5.35. The number of rotatable bonds is 4. The van der Waals surface area contributed by atoms with E-state index >= 15 is 0 Å². The minimum Gasteiger partial charge on any atom is -0.480 e. The lowest BCUT2D eigenvalue weighted by molar-refractivity contribution is 0.240. The summed E-state index contributed by atoms with van der Waals surface area (Å²) < 4.78 is 10.4. The molecule has 1 fully saturated rings. The normalized spacial score (nSPS) is 15.7. The molecule has 25 heavy (non-hydrogen) atoms. The van der Waals surface area contributed by atoms with Gasteiger partial charge in [-0.05, 0) is 18.2 Å². The van der Waals surface area contributed by atoms with Crippen LogP contribution in [-0.4, -0.2) is 58.3 Å². The van der Waals surface area contributed by atoms with Crippen LogP contribution in [0, 0.1) is 6.92 Å². The maximum atomic E-state index is 5.35. The van der Waals surface area contributed by atoms with Gasteiger partial charge in [0.1, 0.15) is 6.33 Å². The first kappa shape index (κ1) is 15.8. The Labute approximate surface area is 145 Å². The van der Waals surface area contributed by atoms with Gasteiger partial charge in [-0.25, -0.2) is 9.97 Å². The highest BCUT2D eigenvalue weighted by molar-refractivity contribution is 5.86. The van der Waals surface area contributed by atoms with Gasteiger partial charge in [0.2, 0.25) is 11.8 Å². The lowest BCUT2D eigenvalue weighted by atomic mass is 10.2. The van der Waals surface area contributed by atoms with E-state index in [2.05, 4.69) is 42.0 Å². The van der Waals surface area contributed by atoms with Crippen molar-refractivity contribution in [1.29, 1.82) is 0 Å². The Morgan fingerprint density at radius 3 is 2.72 bits per heavy atom. The minimum absolute atomic E-state index is 0.609. The van der Waals surface area contributed by atoms with Gasteiger partial charge in [0.05, 0.1) is 24.6 Å². The van der Waals surface area contributed by atoms with E-state index in [0.29, 0.717) is 11.8 Å². The molecule has 8 nitrogen and oxygen atoms in total. The fourth-order valence-corrected chi connectivity index (χ4v) is 3.15. The lowest BCUT2D eigenvalue weighted by Crippen LogP contribution is -2.46. The monoisotopic (exact) mass is 340 g/mol. The van der Waals surface area contributed by atoms with Gasteiger partial charge < -0.3 is 14.2 Å².